The number of nitrogens with one attached hydrogen (secondary N) is 1. The van der Waals surface area contributed by atoms with Gasteiger partial charge in [-0.15, -0.1) is 0 Å². The van der Waals surface area contributed by atoms with Gasteiger partial charge in [-0.3, -0.25) is 4.79 Å². The summed E-state index contributed by atoms with van der Waals surface area (Å²) in [7, 11) is 1.94. The van der Waals surface area contributed by atoms with E-state index >= 15 is 0 Å². The molecule has 0 saturated carbocycles. The van der Waals surface area contributed by atoms with Crippen molar-refractivity contribution in [2.75, 3.05) is 39.9 Å². The van der Waals surface area contributed by atoms with Crippen molar-refractivity contribution in [3.63, 3.8) is 0 Å². The van der Waals surface area contributed by atoms with Gasteiger partial charge >= 0.3 is 5.63 Å². The number of carbonyl (C=O) groups is 1. The molecule has 1 amide bonds. The van der Waals surface area contributed by atoms with Gasteiger partial charge in [0.2, 0.25) is 0 Å². The molecule has 0 aliphatic carbocycles. The first-order valence-electron chi connectivity index (χ1n) is 8.34. The summed E-state index contributed by atoms with van der Waals surface area (Å²) < 4.78 is 10.6. The first-order chi connectivity index (χ1) is 11.9. The van der Waals surface area contributed by atoms with E-state index in [-0.39, 0.29) is 5.91 Å². The second-order valence-electron chi connectivity index (χ2n) is 6.49. The van der Waals surface area contributed by atoms with Crippen LogP contribution in [0.2, 0.25) is 5.02 Å². The summed E-state index contributed by atoms with van der Waals surface area (Å²) in [6.07, 6.45) is 0. The molecule has 6 nitrogen and oxygen atoms in total. The maximum Gasteiger partial charge on any atom is 0.336 e. The second-order valence-corrected chi connectivity index (χ2v) is 6.90. The number of hydrogen-bond donors (Lipinski definition) is 1. The summed E-state index contributed by atoms with van der Waals surface area (Å²) in [5.74, 6) is 0.0990. The number of quaternary nitrogens is 1. The molecular weight excluding hydrogens is 344 g/mol. The Balaban J connectivity index is 1.78. The van der Waals surface area contributed by atoms with Gasteiger partial charge in [0.05, 0.1) is 20.3 Å². The molecule has 0 bridgehead atoms. The fourth-order valence-electron chi connectivity index (χ4n) is 3.06. The van der Waals surface area contributed by atoms with Crippen molar-refractivity contribution < 1.29 is 18.8 Å². The molecule has 25 heavy (non-hydrogen) atoms. The fourth-order valence-corrected chi connectivity index (χ4v) is 3.23. The Hall–Kier alpha value is -1.89. The van der Waals surface area contributed by atoms with Gasteiger partial charge in [-0.25, -0.2) is 4.79 Å². The molecule has 1 aromatic carbocycles. The maximum atomic E-state index is 12.4. The van der Waals surface area contributed by atoms with Crippen LogP contribution in [-0.4, -0.2) is 50.7 Å². The summed E-state index contributed by atoms with van der Waals surface area (Å²) in [6.45, 7) is 5.23. The molecule has 1 aliphatic rings. The van der Waals surface area contributed by atoms with Crippen LogP contribution in [0.4, 0.5) is 0 Å². The summed E-state index contributed by atoms with van der Waals surface area (Å²) in [6, 6.07) is 5.08. The van der Waals surface area contributed by atoms with Gasteiger partial charge in [0.1, 0.15) is 12.1 Å². The van der Waals surface area contributed by atoms with Crippen molar-refractivity contribution in [1.29, 1.82) is 0 Å². The SMILES string of the molecule is Cc1cc2oc(=O)cc(C[NH+](C)CC(=O)N3CCOCC3)c2cc1Cl. The maximum absolute atomic E-state index is 12.4. The first-order valence-corrected chi connectivity index (χ1v) is 8.71. The summed E-state index contributed by atoms with van der Waals surface area (Å²) in [5.41, 5.74) is 1.83. The molecule has 1 saturated heterocycles. The number of carbonyl (C=O) groups excluding carboxylic acids is 1. The van der Waals surface area contributed by atoms with E-state index in [0.29, 0.717) is 50.0 Å². The van der Waals surface area contributed by atoms with Crippen molar-refractivity contribution in [2.24, 2.45) is 0 Å². The largest absolute Gasteiger partial charge is 0.423 e. The van der Waals surface area contributed by atoms with Crippen LogP contribution in [0, 0.1) is 6.92 Å². The number of ether oxygens (including phenoxy) is 1. The third kappa shape index (κ3) is 4.21. The number of fused-ring (bicyclic) bond motifs is 1. The van der Waals surface area contributed by atoms with Crippen molar-refractivity contribution in [2.45, 2.75) is 13.5 Å². The number of rotatable bonds is 4. The number of hydrogen-bond acceptors (Lipinski definition) is 4. The number of halogens is 1. The van der Waals surface area contributed by atoms with Crippen molar-refractivity contribution in [3.8, 4) is 0 Å². The van der Waals surface area contributed by atoms with Crippen molar-refractivity contribution in [1.82, 2.24) is 4.90 Å². The van der Waals surface area contributed by atoms with E-state index in [1.165, 1.54) is 6.07 Å². The number of benzene rings is 1. The van der Waals surface area contributed by atoms with E-state index in [4.69, 9.17) is 20.8 Å². The molecule has 1 aliphatic heterocycles. The molecule has 7 heteroatoms. The number of nitrogens with zero attached hydrogens (tertiary/aromatic N) is 1. The second kappa shape index (κ2) is 7.56. The third-order valence-corrected chi connectivity index (χ3v) is 4.83. The lowest BCUT2D eigenvalue weighted by Gasteiger charge is -2.27. The zero-order valence-electron chi connectivity index (χ0n) is 14.4. The lowest BCUT2D eigenvalue weighted by molar-refractivity contribution is -0.885. The molecule has 3 rings (SSSR count). The topological polar surface area (TPSA) is 64.2 Å². The quantitative estimate of drug-likeness (QED) is 0.807. The smallest absolute Gasteiger partial charge is 0.336 e. The molecule has 1 unspecified atom stereocenters. The van der Waals surface area contributed by atoms with Crippen molar-refractivity contribution in [3.05, 3.63) is 44.8 Å². The molecule has 134 valence electrons. The zero-order valence-corrected chi connectivity index (χ0v) is 15.2. The molecule has 0 spiro atoms. The van der Waals surface area contributed by atoms with Gasteiger partial charge in [-0.2, -0.15) is 0 Å². The van der Waals surface area contributed by atoms with E-state index in [2.05, 4.69) is 0 Å². The third-order valence-electron chi connectivity index (χ3n) is 4.42. The van der Waals surface area contributed by atoms with E-state index in [0.717, 1.165) is 21.4 Å². The van der Waals surface area contributed by atoms with Crippen molar-refractivity contribution >= 4 is 28.5 Å². The number of aryl methyl sites for hydroxylation is 1. The Labute approximate surface area is 150 Å². The van der Waals surface area contributed by atoms with Gasteiger partial charge < -0.3 is 19.0 Å². The lowest BCUT2D eigenvalue weighted by atomic mass is 10.1. The highest BCUT2D eigenvalue weighted by atomic mass is 35.5. The van der Waals surface area contributed by atoms with Gasteiger partial charge in [-0.05, 0) is 24.6 Å². The zero-order chi connectivity index (χ0) is 18.0. The van der Waals surface area contributed by atoms with Crippen LogP contribution in [0.15, 0.2) is 27.4 Å². The Morgan fingerprint density at radius 1 is 1.28 bits per heavy atom. The average molecular weight is 366 g/mol. The Bertz CT molecular complexity index is 843. The molecule has 1 fully saturated rings. The van der Waals surface area contributed by atoms with Crippen LogP contribution in [0.3, 0.4) is 0 Å². The minimum atomic E-state index is -0.392. The van der Waals surface area contributed by atoms with Gasteiger partial charge in [0, 0.05) is 35.1 Å². The standard InChI is InChI=1S/C18H21ClN2O4/c1-12-7-16-14(9-15(12)19)13(8-18(23)25-16)10-20(2)11-17(22)21-3-5-24-6-4-21/h7-9H,3-6,10-11H2,1-2H3/p+1. The van der Waals surface area contributed by atoms with Crippen LogP contribution >= 0.6 is 11.6 Å². The highest BCUT2D eigenvalue weighted by molar-refractivity contribution is 6.32. The van der Waals surface area contributed by atoms with Crippen LogP contribution in [0.25, 0.3) is 11.0 Å². The van der Waals surface area contributed by atoms with Gasteiger partial charge in [0.25, 0.3) is 5.91 Å². The molecule has 2 aromatic rings. The minimum Gasteiger partial charge on any atom is -0.423 e. The monoisotopic (exact) mass is 365 g/mol. The van der Waals surface area contributed by atoms with E-state index in [1.54, 1.807) is 6.07 Å². The molecule has 1 atom stereocenters. The predicted molar refractivity (Wildman–Crippen MR) is 95.1 cm³/mol. The van der Waals surface area contributed by atoms with E-state index < -0.39 is 5.63 Å². The van der Waals surface area contributed by atoms with E-state index in [1.807, 2.05) is 24.9 Å². The van der Waals surface area contributed by atoms with Crippen LogP contribution in [-0.2, 0) is 16.1 Å². The fraction of sp³-hybridized carbons (Fsp3) is 0.444. The molecule has 2 heterocycles. The first kappa shape index (κ1) is 17.9. The molecule has 0 radical (unpaired) electrons. The van der Waals surface area contributed by atoms with Gasteiger partial charge in [-0.1, -0.05) is 11.6 Å². The number of likely N-dealkylation sites (N-methyl/N-ethyl adjacent to an activating group) is 1. The Kier molecular flexibility index (Phi) is 5.42. The van der Waals surface area contributed by atoms with Crippen LogP contribution in [0.1, 0.15) is 11.1 Å². The number of morpholine rings is 1. The van der Waals surface area contributed by atoms with Gasteiger partial charge in [0.15, 0.2) is 6.54 Å². The Morgan fingerprint density at radius 2 is 2.00 bits per heavy atom. The highest BCUT2D eigenvalue weighted by Gasteiger charge is 2.21. The summed E-state index contributed by atoms with van der Waals surface area (Å²) in [4.78, 5) is 27.1. The molecule has 1 aromatic heterocycles. The minimum absolute atomic E-state index is 0.0990. The normalized spacial score (nSPS) is 16.2. The summed E-state index contributed by atoms with van der Waals surface area (Å²) >= 11 is 6.22. The Morgan fingerprint density at radius 3 is 2.72 bits per heavy atom. The predicted octanol–water partition coefficient (Wildman–Crippen LogP) is 0.628. The number of amides is 1. The molecule has 1 N–H and O–H groups in total. The molecular formula is C18H22ClN2O4+. The lowest BCUT2D eigenvalue weighted by Crippen LogP contribution is -3.09. The summed E-state index contributed by atoms with van der Waals surface area (Å²) in [5, 5.41) is 1.44. The highest BCUT2D eigenvalue weighted by Crippen LogP contribution is 2.24. The van der Waals surface area contributed by atoms with Crippen LogP contribution in [0.5, 0.6) is 0 Å². The van der Waals surface area contributed by atoms with Crippen LogP contribution < -0.4 is 10.5 Å². The van der Waals surface area contributed by atoms with E-state index in [9.17, 15) is 9.59 Å². The average Bonchev–Trinajstić information content (AvgIpc) is 2.57.